The first-order valence-electron chi connectivity index (χ1n) is 6.35. The van der Waals surface area contributed by atoms with Gasteiger partial charge in [0.1, 0.15) is 0 Å². The lowest BCUT2D eigenvalue weighted by Gasteiger charge is -2.14. The van der Waals surface area contributed by atoms with Crippen LogP contribution >= 0.6 is 11.6 Å². The zero-order chi connectivity index (χ0) is 14.4. The number of halogens is 1. The van der Waals surface area contributed by atoms with E-state index in [2.05, 4.69) is 15.6 Å². The van der Waals surface area contributed by atoms with Crippen molar-refractivity contribution in [3.8, 4) is 0 Å². The summed E-state index contributed by atoms with van der Waals surface area (Å²) in [5.41, 5.74) is 1.66. The van der Waals surface area contributed by atoms with Gasteiger partial charge in [0.2, 0.25) is 5.91 Å². The molecule has 0 fully saturated rings. The Bertz CT molecular complexity index is 574. The second-order valence-electron chi connectivity index (χ2n) is 4.40. The van der Waals surface area contributed by atoms with Gasteiger partial charge in [-0.1, -0.05) is 41.9 Å². The maximum Gasteiger partial charge on any atom is 0.238 e. The van der Waals surface area contributed by atoms with Gasteiger partial charge in [-0.2, -0.15) is 0 Å². The average molecular weight is 290 g/mol. The van der Waals surface area contributed by atoms with Crippen LogP contribution in [0.4, 0.5) is 5.69 Å². The van der Waals surface area contributed by atoms with Crippen LogP contribution in [-0.4, -0.2) is 17.4 Å². The molecule has 0 spiro atoms. The highest BCUT2D eigenvalue weighted by Gasteiger charge is 2.09. The molecule has 2 N–H and O–H groups in total. The number of nitrogens with one attached hydrogen (secondary N) is 2. The molecule has 1 aromatic heterocycles. The van der Waals surface area contributed by atoms with Gasteiger partial charge in [-0.25, -0.2) is 4.98 Å². The molecule has 0 unspecified atom stereocenters. The molecule has 20 heavy (non-hydrogen) atoms. The van der Waals surface area contributed by atoms with Crippen LogP contribution in [0.3, 0.4) is 0 Å². The van der Waals surface area contributed by atoms with E-state index in [1.165, 1.54) is 0 Å². The Hall–Kier alpha value is -1.91. The van der Waals surface area contributed by atoms with Crippen molar-refractivity contribution >= 4 is 23.2 Å². The van der Waals surface area contributed by atoms with Gasteiger partial charge in [-0.15, -0.1) is 0 Å². The van der Waals surface area contributed by atoms with Crippen molar-refractivity contribution in [2.24, 2.45) is 0 Å². The summed E-state index contributed by atoms with van der Waals surface area (Å²) in [5.74, 6) is -0.150. The molecule has 2 rings (SSSR count). The number of rotatable bonds is 5. The van der Waals surface area contributed by atoms with Crippen LogP contribution in [0.5, 0.6) is 0 Å². The van der Waals surface area contributed by atoms with Crippen LogP contribution in [0.25, 0.3) is 0 Å². The first-order chi connectivity index (χ1) is 9.66. The van der Waals surface area contributed by atoms with Crippen molar-refractivity contribution in [2.45, 2.75) is 13.0 Å². The summed E-state index contributed by atoms with van der Waals surface area (Å²) in [7, 11) is 0. The van der Waals surface area contributed by atoms with Gasteiger partial charge in [-0.3, -0.25) is 4.79 Å². The number of carbonyl (C=O) groups is 1. The molecule has 1 heterocycles. The van der Waals surface area contributed by atoms with Crippen LogP contribution in [0.15, 0.2) is 48.7 Å². The molecule has 0 saturated carbocycles. The van der Waals surface area contributed by atoms with Crippen LogP contribution < -0.4 is 10.6 Å². The third-order valence-electron chi connectivity index (χ3n) is 2.90. The number of amides is 1. The SMILES string of the molecule is C[C@@H](NCC(=O)Nc1cccnc1Cl)c1ccccc1. The predicted octanol–water partition coefficient (Wildman–Crippen LogP) is 3.02. The van der Waals surface area contributed by atoms with E-state index in [0.717, 1.165) is 5.56 Å². The van der Waals surface area contributed by atoms with E-state index in [1.807, 2.05) is 37.3 Å². The van der Waals surface area contributed by atoms with E-state index in [-0.39, 0.29) is 23.6 Å². The Morgan fingerprint density at radius 2 is 2.00 bits per heavy atom. The number of carbonyl (C=O) groups excluding carboxylic acids is 1. The van der Waals surface area contributed by atoms with Crippen molar-refractivity contribution < 1.29 is 4.79 Å². The third kappa shape index (κ3) is 4.05. The van der Waals surface area contributed by atoms with E-state index in [9.17, 15) is 4.79 Å². The molecule has 2 aromatic rings. The fourth-order valence-electron chi connectivity index (χ4n) is 1.78. The van der Waals surface area contributed by atoms with Crippen LogP contribution in [0, 0.1) is 0 Å². The Morgan fingerprint density at radius 3 is 2.70 bits per heavy atom. The van der Waals surface area contributed by atoms with Crippen molar-refractivity contribution in [2.75, 3.05) is 11.9 Å². The predicted molar refractivity (Wildman–Crippen MR) is 80.7 cm³/mol. The molecule has 1 atom stereocenters. The van der Waals surface area contributed by atoms with Crippen LogP contribution in [0.2, 0.25) is 5.15 Å². The van der Waals surface area contributed by atoms with Gasteiger partial charge in [0.25, 0.3) is 0 Å². The van der Waals surface area contributed by atoms with Gasteiger partial charge in [-0.05, 0) is 24.6 Å². The summed E-state index contributed by atoms with van der Waals surface area (Å²) >= 11 is 5.88. The molecule has 0 aliphatic heterocycles. The normalized spacial score (nSPS) is 11.9. The molecule has 104 valence electrons. The molecule has 0 radical (unpaired) electrons. The third-order valence-corrected chi connectivity index (χ3v) is 3.20. The number of anilines is 1. The molecule has 1 aromatic carbocycles. The summed E-state index contributed by atoms with van der Waals surface area (Å²) in [6.07, 6.45) is 1.58. The van der Waals surface area contributed by atoms with E-state index in [0.29, 0.717) is 5.69 Å². The Kier molecular flexibility index (Phi) is 5.09. The van der Waals surface area contributed by atoms with E-state index >= 15 is 0 Å². The molecular formula is C15H16ClN3O. The molecule has 5 heteroatoms. The maximum absolute atomic E-state index is 11.8. The van der Waals surface area contributed by atoms with Crippen molar-refractivity contribution in [1.29, 1.82) is 0 Å². The lowest BCUT2D eigenvalue weighted by molar-refractivity contribution is -0.115. The number of hydrogen-bond acceptors (Lipinski definition) is 3. The minimum absolute atomic E-state index is 0.103. The Labute approximate surface area is 123 Å². The minimum Gasteiger partial charge on any atom is -0.322 e. The molecule has 0 aliphatic carbocycles. The number of hydrogen-bond donors (Lipinski definition) is 2. The number of aromatic nitrogens is 1. The second-order valence-corrected chi connectivity index (χ2v) is 4.76. The van der Waals surface area contributed by atoms with E-state index in [1.54, 1.807) is 18.3 Å². The van der Waals surface area contributed by atoms with E-state index < -0.39 is 0 Å². The Morgan fingerprint density at radius 1 is 1.25 bits per heavy atom. The number of pyridine rings is 1. The number of benzene rings is 1. The quantitative estimate of drug-likeness (QED) is 0.832. The molecule has 4 nitrogen and oxygen atoms in total. The zero-order valence-electron chi connectivity index (χ0n) is 11.1. The van der Waals surface area contributed by atoms with Gasteiger partial charge in [0.15, 0.2) is 5.15 Å². The topological polar surface area (TPSA) is 54.0 Å². The fraction of sp³-hybridized carbons (Fsp3) is 0.200. The summed E-state index contributed by atoms with van der Waals surface area (Å²) < 4.78 is 0. The van der Waals surface area contributed by atoms with Gasteiger partial charge in [0, 0.05) is 12.2 Å². The van der Waals surface area contributed by atoms with E-state index in [4.69, 9.17) is 11.6 Å². The standard InChI is InChI=1S/C15H16ClN3O/c1-11(12-6-3-2-4-7-12)18-10-14(20)19-13-8-5-9-17-15(13)16/h2-9,11,18H,10H2,1H3,(H,19,20)/t11-/m1/s1. The zero-order valence-corrected chi connectivity index (χ0v) is 11.9. The summed E-state index contributed by atoms with van der Waals surface area (Å²) in [4.78, 5) is 15.7. The lowest BCUT2D eigenvalue weighted by atomic mass is 10.1. The van der Waals surface area contributed by atoms with Crippen molar-refractivity contribution in [3.05, 3.63) is 59.4 Å². The van der Waals surface area contributed by atoms with Gasteiger partial charge >= 0.3 is 0 Å². The highest BCUT2D eigenvalue weighted by atomic mass is 35.5. The monoisotopic (exact) mass is 289 g/mol. The van der Waals surface area contributed by atoms with Crippen molar-refractivity contribution in [3.63, 3.8) is 0 Å². The fourth-order valence-corrected chi connectivity index (χ4v) is 1.95. The molecule has 1 amide bonds. The highest BCUT2D eigenvalue weighted by molar-refractivity contribution is 6.32. The maximum atomic E-state index is 11.8. The molecular weight excluding hydrogens is 274 g/mol. The van der Waals surface area contributed by atoms with Gasteiger partial charge < -0.3 is 10.6 Å². The highest BCUT2D eigenvalue weighted by Crippen LogP contribution is 2.17. The van der Waals surface area contributed by atoms with Crippen LogP contribution in [-0.2, 0) is 4.79 Å². The lowest BCUT2D eigenvalue weighted by Crippen LogP contribution is -2.30. The first kappa shape index (κ1) is 14.5. The summed E-state index contributed by atoms with van der Waals surface area (Å²) in [6, 6.07) is 13.5. The van der Waals surface area contributed by atoms with Crippen molar-refractivity contribution in [1.82, 2.24) is 10.3 Å². The average Bonchev–Trinajstić information content (AvgIpc) is 2.48. The Balaban J connectivity index is 1.85. The molecule has 0 saturated heterocycles. The molecule has 0 aliphatic rings. The van der Waals surface area contributed by atoms with Gasteiger partial charge in [0.05, 0.1) is 12.2 Å². The smallest absolute Gasteiger partial charge is 0.238 e. The minimum atomic E-state index is -0.150. The number of nitrogens with zero attached hydrogens (tertiary/aromatic N) is 1. The summed E-state index contributed by atoms with van der Waals surface area (Å²) in [5, 5.41) is 6.17. The first-order valence-corrected chi connectivity index (χ1v) is 6.73. The van der Waals surface area contributed by atoms with Crippen LogP contribution in [0.1, 0.15) is 18.5 Å². The second kappa shape index (κ2) is 7.03. The summed E-state index contributed by atoms with van der Waals surface area (Å²) in [6.45, 7) is 2.22. The molecule has 0 bridgehead atoms. The largest absolute Gasteiger partial charge is 0.322 e.